The smallest absolute Gasteiger partial charge is 0.282 e. The Morgan fingerprint density at radius 2 is 2.28 bits per heavy atom. The van der Waals surface area contributed by atoms with Crippen molar-refractivity contribution >= 4 is 5.69 Å². The van der Waals surface area contributed by atoms with Gasteiger partial charge in [0.15, 0.2) is 5.82 Å². The second-order valence-corrected chi connectivity index (χ2v) is 3.83. The molecule has 7 heteroatoms. The second-order valence-electron chi connectivity index (χ2n) is 3.83. The Labute approximate surface area is 103 Å². The van der Waals surface area contributed by atoms with Crippen molar-refractivity contribution in [2.24, 2.45) is 5.73 Å². The van der Waals surface area contributed by atoms with Crippen molar-refractivity contribution in [2.45, 2.75) is 13.3 Å². The zero-order chi connectivity index (χ0) is 13.1. The molecule has 0 atom stereocenters. The number of benzene rings is 1. The quantitative estimate of drug-likeness (QED) is 0.648. The van der Waals surface area contributed by atoms with Crippen molar-refractivity contribution < 1.29 is 9.45 Å². The van der Waals surface area contributed by atoms with Gasteiger partial charge in [-0.2, -0.15) is 4.98 Å². The lowest BCUT2D eigenvalue weighted by molar-refractivity contribution is -0.384. The molecular weight excluding hydrogens is 236 g/mol. The van der Waals surface area contributed by atoms with Gasteiger partial charge in [-0.15, -0.1) is 0 Å². The average molecular weight is 248 g/mol. The Bertz CT molecular complexity index is 579. The summed E-state index contributed by atoms with van der Waals surface area (Å²) in [6.07, 6.45) is 0.475. The van der Waals surface area contributed by atoms with Crippen LogP contribution in [0.15, 0.2) is 22.7 Å². The van der Waals surface area contributed by atoms with E-state index in [1.807, 2.05) is 6.92 Å². The average Bonchev–Trinajstić information content (AvgIpc) is 2.77. The molecule has 94 valence electrons. The van der Waals surface area contributed by atoms with E-state index in [2.05, 4.69) is 10.1 Å². The van der Waals surface area contributed by atoms with Crippen molar-refractivity contribution in [3.8, 4) is 11.5 Å². The highest BCUT2D eigenvalue weighted by Gasteiger charge is 2.20. The maximum Gasteiger partial charge on any atom is 0.282 e. The molecule has 0 bridgehead atoms. The van der Waals surface area contributed by atoms with Crippen LogP contribution in [0, 0.1) is 17.0 Å². The fourth-order valence-electron chi connectivity index (χ4n) is 1.57. The first kappa shape index (κ1) is 12.2. The Hall–Kier alpha value is -2.28. The topological polar surface area (TPSA) is 108 Å². The number of hydrogen-bond acceptors (Lipinski definition) is 6. The fraction of sp³-hybridized carbons (Fsp3) is 0.273. The van der Waals surface area contributed by atoms with Crippen molar-refractivity contribution in [2.75, 3.05) is 6.54 Å². The third-order valence-electron chi connectivity index (χ3n) is 2.42. The lowest BCUT2D eigenvalue weighted by Gasteiger charge is -1.99. The summed E-state index contributed by atoms with van der Waals surface area (Å²) in [5.41, 5.74) is 6.54. The fourth-order valence-corrected chi connectivity index (χ4v) is 1.57. The number of rotatable bonds is 4. The van der Waals surface area contributed by atoms with Gasteiger partial charge < -0.3 is 10.3 Å². The van der Waals surface area contributed by atoms with E-state index in [1.54, 1.807) is 12.1 Å². The van der Waals surface area contributed by atoms with Crippen LogP contribution >= 0.6 is 0 Å². The maximum atomic E-state index is 10.9. The minimum absolute atomic E-state index is 0.0523. The first-order valence-corrected chi connectivity index (χ1v) is 5.40. The molecule has 2 rings (SSSR count). The highest BCUT2D eigenvalue weighted by atomic mass is 16.6. The molecule has 18 heavy (non-hydrogen) atoms. The number of aromatic nitrogens is 2. The molecule has 0 aliphatic carbocycles. The van der Waals surface area contributed by atoms with Gasteiger partial charge in [0.25, 0.3) is 11.6 Å². The molecule has 0 aliphatic heterocycles. The molecule has 0 amide bonds. The van der Waals surface area contributed by atoms with E-state index >= 15 is 0 Å². The zero-order valence-electron chi connectivity index (χ0n) is 9.79. The van der Waals surface area contributed by atoms with Crippen LogP contribution in [-0.4, -0.2) is 21.6 Å². The molecule has 2 aromatic rings. The van der Waals surface area contributed by atoms with Gasteiger partial charge in [-0.1, -0.05) is 11.2 Å². The number of nitrogens with two attached hydrogens (primary N) is 1. The predicted molar refractivity (Wildman–Crippen MR) is 63.9 cm³/mol. The van der Waals surface area contributed by atoms with Gasteiger partial charge in [0, 0.05) is 12.5 Å². The molecule has 1 heterocycles. The molecule has 0 spiro atoms. The van der Waals surface area contributed by atoms with E-state index in [-0.39, 0.29) is 11.6 Å². The number of nitro benzene ring substituents is 1. The van der Waals surface area contributed by atoms with Gasteiger partial charge in [-0.3, -0.25) is 10.1 Å². The molecule has 2 N–H and O–H groups in total. The van der Waals surface area contributed by atoms with Crippen LogP contribution in [0.3, 0.4) is 0 Å². The normalized spacial score (nSPS) is 10.6. The molecule has 7 nitrogen and oxygen atoms in total. The Kier molecular flexibility index (Phi) is 3.33. The Balaban J connectivity index is 2.47. The highest BCUT2D eigenvalue weighted by Crippen LogP contribution is 2.29. The summed E-state index contributed by atoms with van der Waals surface area (Å²) in [7, 11) is 0. The summed E-state index contributed by atoms with van der Waals surface area (Å²) in [4.78, 5) is 14.6. The molecule has 0 saturated heterocycles. The van der Waals surface area contributed by atoms with Crippen molar-refractivity contribution in [3.63, 3.8) is 0 Å². The van der Waals surface area contributed by atoms with E-state index < -0.39 is 4.92 Å². The molecule has 0 aliphatic rings. The summed E-state index contributed by atoms with van der Waals surface area (Å²) >= 11 is 0. The van der Waals surface area contributed by atoms with Crippen molar-refractivity contribution in [1.29, 1.82) is 0 Å². The Morgan fingerprint density at radius 1 is 1.50 bits per heavy atom. The van der Waals surface area contributed by atoms with Gasteiger partial charge >= 0.3 is 0 Å². The van der Waals surface area contributed by atoms with Gasteiger partial charge in [-0.05, 0) is 25.1 Å². The van der Waals surface area contributed by atoms with Crippen LogP contribution < -0.4 is 5.73 Å². The van der Waals surface area contributed by atoms with E-state index in [0.717, 1.165) is 5.56 Å². The zero-order valence-corrected chi connectivity index (χ0v) is 9.79. The summed E-state index contributed by atoms with van der Waals surface area (Å²) in [6.45, 7) is 2.24. The van der Waals surface area contributed by atoms with Crippen LogP contribution in [0.1, 0.15) is 11.4 Å². The SMILES string of the molecule is Cc1ccc([N+](=O)[O-])c(-c2nc(CCN)no2)c1. The summed E-state index contributed by atoms with van der Waals surface area (Å²) in [5.74, 6) is 0.595. The molecule has 0 unspecified atom stereocenters. The molecule has 1 aromatic heterocycles. The van der Waals surface area contributed by atoms with Crippen LogP contribution in [0.4, 0.5) is 5.69 Å². The van der Waals surface area contributed by atoms with Gasteiger partial charge in [0.2, 0.25) is 0 Å². The molecular formula is C11H12N4O3. The first-order valence-electron chi connectivity index (χ1n) is 5.40. The monoisotopic (exact) mass is 248 g/mol. The molecule has 0 fully saturated rings. The van der Waals surface area contributed by atoms with Crippen LogP contribution in [-0.2, 0) is 6.42 Å². The number of nitrogens with zero attached hydrogens (tertiary/aromatic N) is 3. The lowest BCUT2D eigenvalue weighted by Crippen LogP contribution is -2.03. The first-order chi connectivity index (χ1) is 8.61. The Morgan fingerprint density at radius 3 is 2.94 bits per heavy atom. The summed E-state index contributed by atoms with van der Waals surface area (Å²) in [5, 5.41) is 14.7. The lowest BCUT2D eigenvalue weighted by atomic mass is 10.1. The van der Waals surface area contributed by atoms with E-state index in [0.29, 0.717) is 24.4 Å². The van der Waals surface area contributed by atoms with E-state index in [1.165, 1.54) is 6.07 Å². The minimum Gasteiger partial charge on any atom is -0.334 e. The number of aryl methyl sites for hydroxylation is 1. The molecule has 1 aromatic carbocycles. The van der Waals surface area contributed by atoms with Gasteiger partial charge in [0.05, 0.1) is 4.92 Å². The third kappa shape index (κ3) is 2.35. The van der Waals surface area contributed by atoms with Crippen molar-refractivity contribution in [3.05, 3.63) is 39.7 Å². The van der Waals surface area contributed by atoms with E-state index in [4.69, 9.17) is 10.3 Å². The van der Waals surface area contributed by atoms with Crippen LogP contribution in [0.2, 0.25) is 0 Å². The largest absolute Gasteiger partial charge is 0.334 e. The second kappa shape index (κ2) is 4.92. The molecule has 0 saturated carbocycles. The minimum atomic E-state index is -0.471. The van der Waals surface area contributed by atoms with Gasteiger partial charge in [0.1, 0.15) is 5.56 Å². The number of hydrogen-bond donors (Lipinski definition) is 1. The standard InChI is InChI=1S/C11H12N4O3/c1-7-2-3-9(15(16)17)8(6-7)11-13-10(4-5-12)14-18-11/h2-3,6H,4-5,12H2,1H3. The van der Waals surface area contributed by atoms with Crippen LogP contribution in [0.25, 0.3) is 11.5 Å². The van der Waals surface area contributed by atoms with Crippen LogP contribution in [0.5, 0.6) is 0 Å². The predicted octanol–water partition coefficient (Wildman–Crippen LogP) is 1.45. The highest BCUT2D eigenvalue weighted by molar-refractivity contribution is 5.67. The summed E-state index contributed by atoms with van der Waals surface area (Å²) in [6, 6.07) is 4.74. The van der Waals surface area contributed by atoms with E-state index in [9.17, 15) is 10.1 Å². The van der Waals surface area contributed by atoms with Crippen molar-refractivity contribution in [1.82, 2.24) is 10.1 Å². The molecule has 0 radical (unpaired) electrons. The summed E-state index contributed by atoms with van der Waals surface area (Å²) < 4.78 is 5.03. The maximum absolute atomic E-state index is 10.9. The third-order valence-corrected chi connectivity index (χ3v) is 2.42. The number of nitro groups is 1. The van der Waals surface area contributed by atoms with Gasteiger partial charge in [-0.25, -0.2) is 0 Å².